The number of ether oxygens (including phenoxy) is 1. The molecule has 1 aromatic heterocycles. The summed E-state index contributed by atoms with van der Waals surface area (Å²) < 4.78 is 18.8. The van der Waals surface area contributed by atoms with Crippen LogP contribution in [0.3, 0.4) is 0 Å². The topological polar surface area (TPSA) is 42.4 Å². The third-order valence-corrected chi connectivity index (χ3v) is 2.96. The molecule has 0 saturated carbocycles. The maximum Gasteiger partial charge on any atom is 0.267 e. The number of aromatic nitrogens is 1. The van der Waals surface area contributed by atoms with E-state index in [0.717, 1.165) is 0 Å². The highest BCUT2D eigenvalue weighted by molar-refractivity contribution is 14.1. The third kappa shape index (κ3) is 1.66. The number of pyridine rings is 1. The normalized spacial score (nSPS) is 19.9. The highest BCUT2D eigenvalue weighted by Crippen LogP contribution is 2.32. The third-order valence-electron chi connectivity index (χ3n) is 2.21. The van der Waals surface area contributed by atoms with Crippen molar-refractivity contribution in [1.29, 1.82) is 0 Å². The van der Waals surface area contributed by atoms with Crippen molar-refractivity contribution in [1.82, 2.24) is 4.98 Å². The molecule has 2 heterocycles. The number of halogens is 2. The zero-order chi connectivity index (χ0) is 11.2. The summed E-state index contributed by atoms with van der Waals surface area (Å²) in [6.07, 6.45) is -0.573. The van der Waals surface area contributed by atoms with Crippen LogP contribution in [0.2, 0.25) is 0 Å². The van der Waals surface area contributed by atoms with E-state index in [1.54, 1.807) is 36.6 Å². The van der Waals surface area contributed by atoms with Crippen LogP contribution in [-0.2, 0) is 4.79 Å². The number of amides is 1. The van der Waals surface area contributed by atoms with Gasteiger partial charge in [-0.25, -0.2) is 9.37 Å². The number of nitrogens with zero attached hydrogens (tertiary/aromatic N) is 2. The van der Waals surface area contributed by atoms with Crippen LogP contribution in [0.4, 0.5) is 10.1 Å². The predicted molar refractivity (Wildman–Crippen MR) is 60.4 cm³/mol. The zero-order valence-corrected chi connectivity index (χ0v) is 10.3. The lowest BCUT2D eigenvalue weighted by molar-refractivity contribution is -0.125. The Bertz CT molecular complexity index is 438. The molecule has 1 amide bonds. The smallest absolute Gasteiger partial charge is 0.267 e. The lowest BCUT2D eigenvalue weighted by Crippen LogP contribution is -2.42. The van der Waals surface area contributed by atoms with Crippen LogP contribution >= 0.6 is 22.6 Å². The quantitative estimate of drug-likeness (QED) is 0.538. The van der Waals surface area contributed by atoms with Crippen LogP contribution in [0.15, 0.2) is 6.07 Å². The summed E-state index contributed by atoms with van der Waals surface area (Å²) in [5.74, 6) is -0.354. The largest absolute Gasteiger partial charge is 0.463 e. The first-order valence-corrected chi connectivity index (χ1v) is 5.39. The Morgan fingerprint density at radius 2 is 2.33 bits per heavy atom. The van der Waals surface area contributed by atoms with E-state index in [0.29, 0.717) is 11.6 Å². The van der Waals surface area contributed by atoms with Crippen molar-refractivity contribution in [3.63, 3.8) is 0 Å². The molecule has 1 aliphatic rings. The first kappa shape index (κ1) is 10.6. The molecule has 0 aliphatic carbocycles. The van der Waals surface area contributed by atoms with Crippen LogP contribution in [0.25, 0.3) is 0 Å². The average Bonchev–Trinajstić information content (AvgIpc) is 2.19. The molecule has 0 saturated heterocycles. The Morgan fingerprint density at radius 1 is 1.67 bits per heavy atom. The Hall–Kier alpha value is -0.920. The second-order valence-corrected chi connectivity index (χ2v) is 4.26. The number of hydrogen-bond donors (Lipinski definition) is 0. The van der Waals surface area contributed by atoms with E-state index in [1.807, 2.05) is 0 Å². The van der Waals surface area contributed by atoms with Gasteiger partial charge in [0.1, 0.15) is 9.39 Å². The summed E-state index contributed by atoms with van der Waals surface area (Å²) >= 11 is 1.78. The highest BCUT2D eigenvalue weighted by Gasteiger charge is 2.30. The second-order valence-electron chi connectivity index (χ2n) is 3.24. The molecule has 4 nitrogen and oxygen atoms in total. The molecule has 1 atom stereocenters. The van der Waals surface area contributed by atoms with Gasteiger partial charge in [-0.15, -0.1) is 0 Å². The maximum atomic E-state index is 13.2. The van der Waals surface area contributed by atoms with Crippen molar-refractivity contribution in [2.45, 2.75) is 13.0 Å². The summed E-state index contributed by atoms with van der Waals surface area (Å²) in [4.78, 5) is 16.8. The molecule has 0 fully saturated rings. The number of fused-ring (bicyclic) bond motifs is 1. The molecule has 0 radical (unpaired) electrons. The molecule has 15 heavy (non-hydrogen) atoms. The zero-order valence-electron chi connectivity index (χ0n) is 8.12. The van der Waals surface area contributed by atoms with E-state index >= 15 is 0 Å². The van der Waals surface area contributed by atoms with Gasteiger partial charge in [0, 0.05) is 13.1 Å². The molecule has 1 aromatic rings. The maximum absolute atomic E-state index is 13.2. The van der Waals surface area contributed by atoms with Crippen molar-refractivity contribution < 1.29 is 13.9 Å². The van der Waals surface area contributed by atoms with Gasteiger partial charge in [0.15, 0.2) is 11.9 Å². The number of anilines is 1. The number of likely N-dealkylation sites (N-methyl/N-ethyl adjacent to an activating group) is 1. The predicted octanol–water partition coefficient (Wildman–Crippen LogP) is 1.57. The summed E-state index contributed by atoms with van der Waals surface area (Å²) in [5.41, 5.74) is 0.371. The van der Waals surface area contributed by atoms with E-state index in [-0.39, 0.29) is 9.61 Å². The van der Waals surface area contributed by atoms with Crippen LogP contribution in [0.5, 0.6) is 5.88 Å². The van der Waals surface area contributed by atoms with Gasteiger partial charge in [0.2, 0.25) is 5.88 Å². The summed E-state index contributed by atoms with van der Waals surface area (Å²) in [7, 11) is 1.58. The molecule has 6 heteroatoms. The van der Waals surface area contributed by atoms with Crippen LogP contribution < -0.4 is 9.64 Å². The highest BCUT2D eigenvalue weighted by atomic mass is 127. The first-order valence-electron chi connectivity index (χ1n) is 4.31. The van der Waals surface area contributed by atoms with Crippen molar-refractivity contribution in [2.24, 2.45) is 0 Å². The van der Waals surface area contributed by atoms with Crippen LogP contribution in [0, 0.1) is 9.52 Å². The number of carbonyl (C=O) groups is 1. The molecule has 0 aromatic carbocycles. The van der Waals surface area contributed by atoms with Crippen molar-refractivity contribution in [2.75, 3.05) is 11.9 Å². The number of rotatable bonds is 0. The van der Waals surface area contributed by atoms with Gasteiger partial charge in [-0.3, -0.25) is 4.79 Å². The molecular formula is C9H8FIN2O2. The number of carbonyl (C=O) groups excluding carboxylic acids is 1. The molecule has 0 bridgehead atoms. The fourth-order valence-electron chi connectivity index (χ4n) is 1.38. The van der Waals surface area contributed by atoms with Gasteiger partial charge >= 0.3 is 0 Å². The molecular weight excluding hydrogens is 314 g/mol. The molecule has 80 valence electrons. The fraction of sp³-hybridized carbons (Fsp3) is 0.333. The summed E-state index contributed by atoms with van der Waals surface area (Å²) in [6, 6.07) is 1.26. The lowest BCUT2D eigenvalue weighted by Gasteiger charge is -2.29. The molecule has 2 rings (SSSR count). The van der Waals surface area contributed by atoms with Gasteiger partial charge < -0.3 is 9.64 Å². The van der Waals surface area contributed by atoms with Gasteiger partial charge in [-0.05, 0) is 29.5 Å². The van der Waals surface area contributed by atoms with E-state index in [9.17, 15) is 9.18 Å². The van der Waals surface area contributed by atoms with Crippen molar-refractivity contribution in [3.8, 4) is 5.88 Å². The SMILES string of the molecule is C[C@H]1Oc2nc(I)c(F)cc2N(C)C1=O. The molecule has 0 spiro atoms. The number of hydrogen-bond acceptors (Lipinski definition) is 3. The average molecular weight is 322 g/mol. The standard InChI is InChI=1S/C9H8FIN2O2/c1-4-9(14)13(2)6-3-5(10)7(11)12-8(6)15-4/h3-4H,1-2H3/t4-/m1/s1. The van der Waals surface area contributed by atoms with Gasteiger partial charge in [0.25, 0.3) is 5.91 Å². The van der Waals surface area contributed by atoms with E-state index < -0.39 is 11.9 Å². The molecule has 0 unspecified atom stereocenters. The van der Waals surface area contributed by atoms with Crippen molar-refractivity contribution in [3.05, 3.63) is 15.6 Å². The monoisotopic (exact) mass is 322 g/mol. The van der Waals surface area contributed by atoms with E-state index in [4.69, 9.17) is 4.74 Å². The summed E-state index contributed by atoms with van der Waals surface area (Å²) in [6.45, 7) is 1.64. The van der Waals surface area contributed by atoms with Gasteiger partial charge in [0.05, 0.1) is 0 Å². The van der Waals surface area contributed by atoms with E-state index in [1.165, 1.54) is 11.0 Å². The molecule has 0 N–H and O–H groups in total. The Kier molecular flexibility index (Phi) is 2.53. The minimum Gasteiger partial charge on any atom is -0.463 e. The Balaban J connectivity index is 2.56. The van der Waals surface area contributed by atoms with Gasteiger partial charge in [-0.2, -0.15) is 0 Å². The first-order chi connectivity index (χ1) is 7.00. The second kappa shape index (κ2) is 3.58. The van der Waals surface area contributed by atoms with Crippen LogP contribution in [-0.4, -0.2) is 24.0 Å². The minimum atomic E-state index is -0.573. The van der Waals surface area contributed by atoms with Crippen molar-refractivity contribution >= 4 is 34.2 Å². The fourth-order valence-corrected chi connectivity index (χ4v) is 1.75. The lowest BCUT2D eigenvalue weighted by atomic mass is 10.2. The van der Waals surface area contributed by atoms with Gasteiger partial charge in [-0.1, -0.05) is 0 Å². The Morgan fingerprint density at radius 3 is 3.00 bits per heavy atom. The van der Waals surface area contributed by atoms with Crippen LogP contribution in [0.1, 0.15) is 6.92 Å². The van der Waals surface area contributed by atoms with E-state index in [2.05, 4.69) is 4.98 Å². The minimum absolute atomic E-state index is 0.204. The Labute approximate surface area is 99.6 Å². The molecule has 1 aliphatic heterocycles. The summed E-state index contributed by atoms with van der Waals surface area (Å²) in [5, 5.41) is 0.